The van der Waals surface area contributed by atoms with Crippen LogP contribution in [0.5, 0.6) is 0 Å². The molecule has 0 saturated heterocycles. The van der Waals surface area contributed by atoms with Crippen molar-refractivity contribution in [3.63, 3.8) is 0 Å². The van der Waals surface area contributed by atoms with Crippen LogP contribution in [0.1, 0.15) is 18.6 Å². The van der Waals surface area contributed by atoms with Crippen molar-refractivity contribution in [1.82, 2.24) is 4.98 Å². The summed E-state index contributed by atoms with van der Waals surface area (Å²) in [4.78, 5) is 17.1. The van der Waals surface area contributed by atoms with Gasteiger partial charge in [0.1, 0.15) is 0 Å². The Morgan fingerprint density at radius 2 is 1.96 bits per heavy atom. The van der Waals surface area contributed by atoms with E-state index in [2.05, 4.69) is 10.3 Å². The third kappa shape index (κ3) is 3.93. The van der Waals surface area contributed by atoms with E-state index in [1.54, 1.807) is 24.4 Å². The van der Waals surface area contributed by atoms with E-state index in [1.807, 2.05) is 37.3 Å². The monoisotopic (exact) mass is 374 g/mol. The highest BCUT2D eigenvalue weighted by Crippen LogP contribution is 2.29. The number of fused-ring (bicyclic) bond motifs is 1. The van der Waals surface area contributed by atoms with Crippen LogP contribution in [0.4, 0.5) is 5.69 Å². The summed E-state index contributed by atoms with van der Waals surface area (Å²) in [7, 11) is 0. The zero-order valence-electron chi connectivity index (χ0n) is 13.5. The molecule has 1 heterocycles. The number of hydrogen-bond acceptors (Lipinski definition) is 3. The van der Waals surface area contributed by atoms with Crippen LogP contribution in [0, 0.1) is 0 Å². The molecule has 0 aliphatic heterocycles. The Morgan fingerprint density at radius 1 is 1.16 bits per heavy atom. The average molecular weight is 375 g/mol. The van der Waals surface area contributed by atoms with Gasteiger partial charge < -0.3 is 10.1 Å². The number of halogens is 2. The fourth-order valence-corrected chi connectivity index (χ4v) is 2.88. The van der Waals surface area contributed by atoms with Gasteiger partial charge in [-0.3, -0.25) is 9.78 Å². The molecule has 0 aliphatic rings. The molecule has 128 valence electrons. The molecule has 1 atom stereocenters. The molecule has 0 spiro atoms. The van der Waals surface area contributed by atoms with E-state index >= 15 is 0 Å². The molecule has 0 radical (unpaired) electrons. The van der Waals surface area contributed by atoms with E-state index in [0.29, 0.717) is 27.9 Å². The Balaban J connectivity index is 1.91. The topological polar surface area (TPSA) is 51.2 Å². The predicted octanol–water partition coefficient (Wildman–Crippen LogP) is 5.26. The summed E-state index contributed by atoms with van der Waals surface area (Å²) in [6.45, 7) is 2.21. The summed E-state index contributed by atoms with van der Waals surface area (Å²) < 4.78 is 5.63. The molecule has 1 N–H and O–H groups in total. The van der Waals surface area contributed by atoms with Gasteiger partial charge >= 0.3 is 0 Å². The summed E-state index contributed by atoms with van der Waals surface area (Å²) in [5.74, 6) is -0.293. The number of rotatable bonds is 5. The number of aromatic nitrogens is 1. The molecule has 4 nitrogen and oxygen atoms in total. The number of carbonyl (C=O) groups excluding carboxylic acids is 1. The van der Waals surface area contributed by atoms with Crippen LogP contribution in [-0.4, -0.2) is 17.5 Å². The fraction of sp³-hybridized carbons (Fsp3) is 0.158. The van der Waals surface area contributed by atoms with Crippen molar-refractivity contribution < 1.29 is 9.53 Å². The first-order valence-corrected chi connectivity index (χ1v) is 8.57. The Hall–Kier alpha value is -2.14. The smallest absolute Gasteiger partial charge is 0.258 e. The molecule has 25 heavy (non-hydrogen) atoms. The van der Waals surface area contributed by atoms with Gasteiger partial charge in [-0.05, 0) is 36.8 Å². The second-order valence-electron chi connectivity index (χ2n) is 5.38. The lowest BCUT2D eigenvalue weighted by molar-refractivity contribution is -0.127. The van der Waals surface area contributed by atoms with Gasteiger partial charge in [-0.15, -0.1) is 0 Å². The molecule has 1 unspecified atom stereocenters. The van der Waals surface area contributed by atoms with Crippen molar-refractivity contribution in [2.45, 2.75) is 13.0 Å². The standard InChI is InChI=1S/C19H16Cl2N2O2/c1-2-25-18(13-8-9-14(20)15(21)11-13)19(24)23-16-7-3-5-12-6-4-10-22-17(12)16/h3-11,18H,2H2,1H3,(H,23,24). The van der Waals surface area contributed by atoms with Crippen molar-refractivity contribution in [2.24, 2.45) is 0 Å². The number of hydrogen-bond donors (Lipinski definition) is 1. The van der Waals surface area contributed by atoms with Crippen molar-refractivity contribution >= 4 is 45.7 Å². The first kappa shape index (κ1) is 17.7. The van der Waals surface area contributed by atoms with Crippen LogP contribution in [0.15, 0.2) is 54.7 Å². The van der Waals surface area contributed by atoms with E-state index in [0.717, 1.165) is 10.9 Å². The van der Waals surface area contributed by atoms with E-state index < -0.39 is 6.10 Å². The number of carbonyl (C=O) groups is 1. The van der Waals surface area contributed by atoms with Gasteiger partial charge in [-0.1, -0.05) is 47.5 Å². The number of nitrogens with one attached hydrogen (secondary N) is 1. The summed E-state index contributed by atoms with van der Waals surface area (Å²) >= 11 is 12.0. The van der Waals surface area contributed by atoms with Crippen molar-refractivity contribution in [3.05, 3.63) is 70.3 Å². The van der Waals surface area contributed by atoms with E-state index in [1.165, 1.54) is 0 Å². The number of pyridine rings is 1. The van der Waals surface area contributed by atoms with Crippen LogP contribution in [0.25, 0.3) is 10.9 Å². The SMILES string of the molecule is CCOC(C(=O)Nc1cccc2cccnc12)c1ccc(Cl)c(Cl)c1. The van der Waals surface area contributed by atoms with E-state index in [-0.39, 0.29) is 5.91 Å². The number of amides is 1. The maximum absolute atomic E-state index is 12.8. The molecule has 1 aromatic heterocycles. The van der Waals surface area contributed by atoms with Gasteiger partial charge in [-0.25, -0.2) is 0 Å². The molecule has 3 rings (SSSR count). The van der Waals surface area contributed by atoms with Crippen molar-refractivity contribution in [2.75, 3.05) is 11.9 Å². The predicted molar refractivity (Wildman–Crippen MR) is 101 cm³/mol. The summed E-state index contributed by atoms with van der Waals surface area (Å²) in [6.07, 6.45) is 0.899. The highest BCUT2D eigenvalue weighted by molar-refractivity contribution is 6.42. The molecule has 3 aromatic rings. The lowest BCUT2D eigenvalue weighted by Crippen LogP contribution is -2.23. The molecule has 2 aromatic carbocycles. The second kappa shape index (κ2) is 7.83. The molecule has 0 aliphatic carbocycles. The maximum Gasteiger partial charge on any atom is 0.258 e. The zero-order valence-corrected chi connectivity index (χ0v) is 15.0. The fourth-order valence-electron chi connectivity index (χ4n) is 2.57. The molecule has 1 amide bonds. The number of nitrogens with zero attached hydrogens (tertiary/aromatic N) is 1. The number of para-hydroxylation sites is 1. The van der Waals surface area contributed by atoms with Gasteiger partial charge in [0.05, 0.1) is 21.2 Å². The molecule has 6 heteroatoms. The van der Waals surface area contributed by atoms with Crippen LogP contribution >= 0.6 is 23.2 Å². The Labute approximate surface area is 155 Å². The van der Waals surface area contributed by atoms with Gasteiger partial charge in [0.15, 0.2) is 6.10 Å². The minimum absolute atomic E-state index is 0.293. The van der Waals surface area contributed by atoms with Gasteiger partial charge in [0.2, 0.25) is 0 Å². The quantitative estimate of drug-likeness (QED) is 0.662. The average Bonchev–Trinajstić information content (AvgIpc) is 2.62. The molecular weight excluding hydrogens is 359 g/mol. The Bertz CT molecular complexity index is 910. The number of benzene rings is 2. The zero-order chi connectivity index (χ0) is 17.8. The van der Waals surface area contributed by atoms with Crippen LogP contribution in [0.2, 0.25) is 10.0 Å². The Kier molecular flexibility index (Phi) is 5.53. The summed E-state index contributed by atoms with van der Waals surface area (Å²) in [5.41, 5.74) is 2.00. The summed E-state index contributed by atoms with van der Waals surface area (Å²) in [5, 5.41) is 4.66. The third-order valence-electron chi connectivity index (χ3n) is 3.71. The molecule has 0 fully saturated rings. The maximum atomic E-state index is 12.8. The molecule has 0 saturated carbocycles. The van der Waals surface area contributed by atoms with Gasteiger partial charge in [-0.2, -0.15) is 0 Å². The minimum Gasteiger partial charge on any atom is -0.364 e. The van der Waals surface area contributed by atoms with E-state index in [9.17, 15) is 4.79 Å². The third-order valence-corrected chi connectivity index (χ3v) is 4.45. The van der Waals surface area contributed by atoms with Gasteiger partial charge in [0.25, 0.3) is 5.91 Å². The van der Waals surface area contributed by atoms with Crippen LogP contribution in [0.3, 0.4) is 0 Å². The summed E-state index contributed by atoms with van der Waals surface area (Å²) in [6, 6.07) is 14.4. The van der Waals surface area contributed by atoms with Gasteiger partial charge in [0, 0.05) is 18.2 Å². The van der Waals surface area contributed by atoms with Crippen molar-refractivity contribution in [1.29, 1.82) is 0 Å². The molecule has 0 bridgehead atoms. The number of anilines is 1. The van der Waals surface area contributed by atoms with Crippen LogP contribution < -0.4 is 5.32 Å². The Morgan fingerprint density at radius 3 is 2.72 bits per heavy atom. The lowest BCUT2D eigenvalue weighted by atomic mass is 10.1. The highest BCUT2D eigenvalue weighted by atomic mass is 35.5. The minimum atomic E-state index is -0.793. The first-order chi connectivity index (χ1) is 12.1. The van der Waals surface area contributed by atoms with E-state index in [4.69, 9.17) is 27.9 Å². The largest absolute Gasteiger partial charge is 0.364 e. The van der Waals surface area contributed by atoms with Crippen molar-refractivity contribution in [3.8, 4) is 0 Å². The highest BCUT2D eigenvalue weighted by Gasteiger charge is 2.22. The molecular formula is C19H16Cl2N2O2. The first-order valence-electron chi connectivity index (χ1n) is 7.81. The number of ether oxygens (including phenoxy) is 1. The normalized spacial score (nSPS) is 12.1. The lowest BCUT2D eigenvalue weighted by Gasteiger charge is -2.18. The second-order valence-corrected chi connectivity index (χ2v) is 6.19. The van der Waals surface area contributed by atoms with Crippen LogP contribution in [-0.2, 0) is 9.53 Å².